The lowest BCUT2D eigenvalue weighted by molar-refractivity contribution is -0.138. The van der Waals surface area contributed by atoms with Gasteiger partial charge in [0, 0.05) is 0 Å². The van der Waals surface area contributed by atoms with Gasteiger partial charge in [-0.2, -0.15) is 0 Å². The molecule has 0 aliphatic carbocycles. The summed E-state index contributed by atoms with van der Waals surface area (Å²) in [4.78, 5) is 10.8. The molecule has 2 rings (SSSR count). The van der Waals surface area contributed by atoms with Gasteiger partial charge in [-0.3, -0.25) is 4.79 Å². The quantitative estimate of drug-likeness (QED) is 0.819. The Labute approximate surface area is 133 Å². The van der Waals surface area contributed by atoms with Crippen LogP contribution in [0, 0.1) is 5.82 Å². The Morgan fingerprint density at radius 2 is 1.83 bits per heavy atom. The van der Waals surface area contributed by atoms with Gasteiger partial charge in [0.25, 0.3) is 0 Å². The number of hydrogen-bond acceptors (Lipinski definition) is 4. The third-order valence-corrected chi connectivity index (χ3v) is 3.31. The number of hydrogen-bond donors (Lipinski definition) is 2. The molecule has 0 aromatic heterocycles. The predicted molar refractivity (Wildman–Crippen MR) is 83.0 cm³/mol. The molecule has 5 nitrogen and oxygen atoms in total. The number of ether oxygens (including phenoxy) is 2. The molecule has 0 radical (unpaired) electrons. The standard InChI is InChI=1S/C17H18FNO4/c1-22-15-7-4-12(8-14(19)17(20)21)9-16(15)23-10-11-2-5-13(18)6-3-11/h2-7,9,14H,8,10,19H2,1H3,(H,20,21). The molecule has 0 bridgehead atoms. The molecule has 1 unspecified atom stereocenters. The van der Waals surface area contributed by atoms with E-state index < -0.39 is 12.0 Å². The van der Waals surface area contributed by atoms with Crippen LogP contribution in [0.2, 0.25) is 0 Å². The van der Waals surface area contributed by atoms with E-state index in [1.807, 2.05) is 0 Å². The van der Waals surface area contributed by atoms with Crippen LogP contribution in [0.1, 0.15) is 11.1 Å². The minimum Gasteiger partial charge on any atom is -0.493 e. The molecule has 23 heavy (non-hydrogen) atoms. The van der Waals surface area contributed by atoms with Gasteiger partial charge < -0.3 is 20.3 Å². The van der Waals surface area contributed by atoms with E-state index in [9.17, 15) is 9.18 Å². The number of benzene rings is 2. The van der Waals surface area contributed by atoms with E-state index in [0.717, 1.165) is 11.1 Å². The lowest BCUT2D eigenvalue weighted by atomic mass is 10.1. The minimum absolute atomic E-state index is 0.187. The zero-order chi connectivity index (χ0) is 16.8. The summed E-state index contributed by atoms with van der Waals surface area (Å²) in [6.45, 7) is 0.241. The summed E-state index contributed by atoms with van der Waals surface area (Å²) in [5.41, 5.74) is 7.08. The van der Waals surface area contributed by atoms with Gasteiger partial charge in [0.1, 0.15) is 18.5 Å². The molecule has 0 saturated heterocycles. The SMILES string of the molecule is COc1ccc(CC(N)C(=O)O)cc1OCc1ccc(F)cc1. The molecule has 0 heterocycles. The van der Waals surface area contributed by atoms with E-state index >= 15 is 0 Å². The van der Waals surface area contributed by atoms with Crippen LogP contribution in [0.25, 0.3) is 0 Å². The molecule has 0 aliphatic heterocycles. The molecular formula is C17H18FNO4. The number of halogens is 1. The number of carboxylic acids is 1. The summed E-state index contributed by atoms with van der Waals surface area (Å²) in [5, 5.41) is 8.88. The average molecular weight is 319 g/mol. The Morgan fingerprint density at radius 1 is 1.17 bits per heavy atom. The van der Waals surface area contributed by atoms with Crippen molar-refractivity contribution in [3.05, 3.63) is 59.4 Å². The van der Waals surface area contributed by atoms with Crippen molar-refractivity contribution in [1.82, 2.24) is 0 Å². The van der Waals surface area contributed by atoms with Gasteiger partial charge >= 0.3 is 5.97 Å². The highest BCUT2D eigenvalue weighted by molar-refractivity contribution is 5.73. The van der Waals surface area contributed by atoms with Gasteiger partial charge in [-0.1, -0.05) is 18.2 Å². The Balaban J connectivity index is 2.12. The summed E-state index contributed by atoms with van der Waals surface area (Å²) in [6.07, 6.45) is 0.187. The van der Waals surface area contributed by atoms with Gasteiger partial charge in [-0.25, -0.2) is 4.39 Å². The van der Waals surface area contributed by atoms with Crippen molar-refractivity contribution in [2.45, 2.75) is 19.1 Å². The normalized spacial score (nSPS) is 11.8. The van der Waals surface area contributed by atoms with E-state index in [1.54, 1.807) is 30.3 Å². The second kappa shape index (κ2) is 7.60. The van der Waals surface area contributed by atoms with E-state index in [1.165, 1.54) is 19.2 Å². The molecule has 0 fully saturated rings. The number of carbonyl (C=O) groups is 1. The lowest BCUT2D eigenvalue weighted by Crippen LogP contribution is -2.32. The van der Waals surface area contributed by atoms with Crippen molar-refractivity contribution >= 4 is 5.97 Å². The van der Waals surface area contributed by atoms with Crippen molar-refractivity contribution in [2.75, 3.05) is 7.11 Å². The van der Waals surface area contributed by atoms with Crippen LogP contribution in [0.15, 0.2) is 42.5 Å². The van der Waals surface area contributed by atoms with Crippen LogP contribution in [-0.2, 0) is 17.8 Å². The molecule has 1 atom stereocenters. The Morgan fingerprint density at radius 3 is 2.43 bits per heavy atom. The molecule has 0 amide bonds. The fourth-order valence-corrected chi connectivity index (χ4v) is 2.04. The average Bonchev–Trinajstić information content (AvgIpc) is 2.54. The van der Waals surface area contributed by atoms with Gasteiger partial charge in [-0.15, -0.1) is 0 Å². The second-order valence-corrected chi connectivity index (χ2v) is 5.05. The van der Waals surface area contributed by atoms with Crippen LogP contribution in [0.3, 0.4) is 0 Å². The molecule has 2 aromatic carbocycles. The van der Waals surface area contributed by atoms with Crippen LogP contribution < -0.4 is 15.2 Å². The van der Waals surface area contributed by atoms with Crippen molar-refractivity contribution in [3.8, 4) is 11.5 Å². The smallest absolute Gasteiger partial charge is 0.320 e. The van der Waals surface area contributed by atoms with Crippen LogP contribution in [0.5, 0.6) is 11.5 Å². The summed E-state index contributed by atoms with van der Waals surface area (Å²) in [5.74, 6) is -0.364. The number of carboxylic acid groups (broad SMARTS) is 1. The number of rotatable bonds is 7. The van der Waals surface area contributed by atoms with Gasteiger partial charge in [0.2, 0.25) is 0 Å². The lowest BCUT2D eigenvalue weighted by Gasteiger charge is -2.13. The third kappa shape index (κ3) is 4.69. The molecule has 0 spiro atoms. The van der Waals surface area contributed by atoms with Gasteiger partial charge in [-0.05, 0) is 41.8 Å². The van der Waals surface area contributed by atoms with Crippen molar-refractivity contribution in [3.63, 3.8) is 0 Å². The highest BCUT2D eigenvalue weighted by atomic mass is 19.1. The first-order valence-corrected chi connectivity index (χ1v) is 7.02. The maximum Gasteiger partial charge on any atom is 0.320 e. The first kappa shape index (κ1) is 16.8. The first-order chi connectivity index (χ1) is 11.0. The highest BCUT2D eigenvalue weighted by Gasteiger charge is 2.14. The summed E-state index contributed by atoms with van der Waals surface area (Å²) >= 11 is 0. The van der Waals surface area contributed by atoms with E-state index in [-0.39, 0.29) is 18.8 Å². The Kier molecular flexibility index (Phi) is 5.54. The molecule has 3 N–H and O–H groups in total. The summed E-state index contributed by atoms with van der Waals surface area (Å²) in [6, 6.07) is 10.1. The van der Waals surface area contributed by atoms with Crippen LogP contribution in [-0.4, -0.2) is 24.2 Å². The van der Waals surface area contributed by atoms with Crippen molar-refractivity contribution in [1.29, 1.82) is 0 Å². The van der Waals surface area contributed by atoms with Crippen molar-refractivity contribution < 1.29 is 23.8 Å². The van der Waals surface area contributed by atoms with Gasteiger partial charge in [0.05, 0.1) is 7.11 Å². The third-order valence-electron chi connectivity index (χ3n) is 3.31. The maximum absolute atomic E-state index is 12.9. The van der Waals surface area contributed by atoms with E-state index in [2.05, 4.69) is 0 Å². The molecule has 0 saturated carbocycles. The summed E-state index contributed by atoms with van der Waals surface area (Å²) < 4.78 is 23.8. The van der Waals surface area contributed by atoms with Gasteiger partial charge in [0.15, 0.2) is 11.5 Å². The van der Waals surface area contributed by atoms with E-state index in [4.69, 9.17) is 20.3 Å². The molecule has 122 valence electrons. The zero-order valence-electron chi connectivity index (χ0n) is 12.7. The maximum atomic E-state index is 12.9. The largest absolute Gasteiger partial charge is 0.493 e. The fourth-order valence-electron chi connectivity index (χ4n) is 2.04. The van der Waals surface area contributed by atoms with Crippen LogP contribution >= 0.6 is 0 Å². The summed E-state index contributed by atoms with van der Waals surface area (Å²) in [7, 11) is 1.52. The molecule has 2 aromatic rings. The number of aliphatic carboxylic acids is 1. The highest BCUT2D eigenvalue weighted by Crippen LogP contribution is 2.29. The molecule has 6 heteroatoms. The van der Waals surface area contributed by atoms with Crippen molar-refractivity contribution in [2.24, 2.45) is 5.73 Å². The monoisotopic (exact) mass is 319 g/mol. The minimum atomic E-state index is -1.06. The Hall–Kier alpha value is -2.60. The van der Waals surface area contributed by atoms with E-state index in [0.29, 0.717) is 11.5 Å². The number of methoxy groups -OCH3 is 1. The first-order valence-electron chi connectivity index (χ1n) is 7.02. The fraction of sp³-hybridized carbons (Fsp3) is 0.235. The second-order valence-electron chi connectivity index (χ2n) is 5.05. The number of nitrogens with two attached hydrogens (primary N) is 1. The molecular weight excluding hydrogens is 301 g/mol. The molecule has 0 aliphatic rings. The van der Waals surface area contributed by atoms with Crippen LogP contribution in [0.4, 0.5) is 4.39 Å². The topological polar surface area (TPSA) is 81.8 Å². The predicted octanol–water partition coefficient (Wildman–Crippen LogP) is 2.37. The Bertz CT molecular complexity index is 673. The zero-order valence-corrected chi connectivity index (χ0v) is 12.7.